The fourth-order valence-corrected chi connectivity index (χ4v) is 4.54. The predicted molar refractivity (Wildman–Crippen MR) is 114 cm³/mol. The number of rotatable bonds is 2. The lowest BCUT2D eigenvalue weighted by Crippen LogP contribution is -2.38. The molecule has 148 valence electrons. The molecule has 1 aliphatic rings. The molecule has 0 saturated carbocycles. The Labute approximate surface area is 169 Å². The van der Waals surface area contributed by atoms with Crippen LogP contribution in [0, 0.1) is 20.8 Å². The first-order valence-corrected chi connectivity index (χ1v) is 10.3. The maximum Gasteiger partial charge on any atom is 0.289 e. The summed E-state index contributed by atoms with van der Waals surface area (Å²) in [7, 11) is 0. The van der Waals surface area contributed by atoms with Gasteiger partial charge in [0.25, 0.3) is 5.91 Å². The summed E-state index contributed by atoms with van der Waals surface area (Å²) >= 11 is 0. The molecule has 5 heteroatoms. The Hall–Kier alpha value is -3.08. The zero-order valence-corrected chi connectivity index (χ0v) is 17.1. The molecule has 1 saturated heterocycles. The molecule has 3 heterocycles. The third-order valence-electron chi connectivity index (χ3n) is 6.25. The summed E-state index contributed by atoms with van der Waals surface area (Å²) in [4.78, 5) is 23.3. The Bertz CT molecular complexity index is 1190. The van der Waals surface area contributed by atoms with Gasteiger partial charge in [0.1, 0.15) is 11.4 Å². The average Bonchev–Trinajstić information content (AvgIpc) is 3.32. The van der Waals surface area contributed by atoms with Crippen molar-refractivity contribution in [1.82, 2.24) is 14.9 Å². The number of carbonyl (C=O) groups is 1. The molecule has 1 aliphatic heterocycles. The molecule has 2 aromatic carbocycles. The van der Waals surface area contributed by atoms with Crippen LogP contribution >= 0.6 is 0 Å². The van der Waals surface area contributed by atoms with Crippen LogP contribution < -0.4 is 0 Å². The molecule has 4 aromatic rings. The summed E-state index contributed by atoms with van der Waals surface area (Å²) in [6, 6.07) is 12.3. The van der Waals surface area contributed by atoms with Crippen LogP contribution in [0.15, 0.2) is 40.8 Å². The second-order valence-corrected chi connectivity index (χ2v) is 8.17. The van der Waals surface area contributed by atoms with Crippen LogP contribution in [0.1, 0.15) is 51.8 Å². The van der Waals surface area contributed by atoms with Gasteiger partial charge in [-0.1, -0.05) is 24.3 Å². The fourth-order valence-electron chi connectivity index (χ4n) is 4.54. The van der Waals surface area contributed by atoms with Crippen LogP contribution in [0.25, 0.3) is 22.0 Å². The number of amides is 1. The molecular weight excluding hydrogens is 362 g/mol. The van der Waals surface area contributed by atoms with Crippen molar-refractivity contribution in [1.29, 1.82) is 0 Å². The number of hydrogen-bond donors (Lipinski definition) is 1. The molecule has 1 N–H and O–H groups in total. The lowest BCUT2D eigenvalue weighted by Gasteiger charge is -2.30. The fraction of sp³-hybridized carbons (Fsp3) is 0.333. The van der Waals surface area contributed by atoms with E-state index in [9.17, 15) is 4.79 Å². The van der Waals surface area contributed by atoms with E-state index < -0.39 is 0 Å². The maximum atomic E-state index is 13.2. The van der Waals surface area contributed by atoms with Gasteiger partial charge < -0.3 is 14.3 Å². The number of para-hydroxylation sites is 2. The highest BCUT2D eigenvalue weighted by atomic mass is 16.3. The Balaban J connectivity index is 1.36. The third kappa shape index (κ3) is 2.92. The monoisotopic (exact) mass is 387 g/mol. The number of benzene rings is 2. The summed E-state index contributed by atoms with van der Waals surface area (Å²) in [5.41, 5.74) is 6.08. The summed E-state index contributed by atoms with van der Waals surface area (Å²) in [6.45, 7) is 7.52. The van der Waals surface area contributed by atoms with Gasteiger partial charge in [0.2, 0.25) is 0 Å². The van der Waals surface area contributed by atoms with Crippen LogP contribution in [0.4, 0.5) is 0 Å². The van der Waals surface area contributed by atoms with Crippen molar-refractivity contribution in [3.63, 3.8) is 0 Å². The molecule has 0 bridgehead atoms. The van der Waals surface area contributed by atoms with Crippen molar-refractivity contribution in [2.24, 2.45) is 0 Å². The van der Waals surface area contributed by atoms with Crippen molar-refractivity contribution in [2.75, 3.05) is 13.1 Å². The van der Waals surface area contributed by atoms with Gasteiger partial charge in [0.05, 0.1) is 11.0 Å². The topological polar surface area (TPSA) is 62.1 Å². The summed E-state index contributed by atoms with van der Waals surface area (Å²) in [5.74, 6) is 1.87. The van der Waals surface area contributed by atoms with E-state index in [0.717, 1.165) is 70.4 Å². The SMILES string of the molecule is Cc1ccc(C)c2c(C)c(C(=O)N3CCC(c4nc5ccccc5[nH]4)CC3)oc12. The van der Waals surface area contributed by atoms with Crippen LogP contribution in [0.3, 0.4) is 0 Å². The second-order valence-electron chi connectivity index (χ2n) is 8.17. The number of aromatic nitrogens is 2. The van der Waals surface area contributed by atoms with Crippen molar-refractivity contribution >= 4 is 27.9 Å². The van der Waals surface area contributed by atoms with Gasteiger partial charge in [-0.05, 0) is 56.9 Å². The number of H-pyrrole nitrogens is 1. The van der Waals surface area contributed by atoms with Gasteiger partial charge in [-0.2, -0.15) is 0 Å². The molecule has 2 aromatic heterocycles. The summed E-state index contributed by atoms with van der Waals surface area (Å²) < 4.78 is 6.07. The van der Waals surface area contributed by atoms with E-state index in [1.807, 2.05) is 43.0 Å². The highest BCUT2D eigenvalue weighted by Crippen LogP contribution is 2.33. The first-order valence-electron chi connectivity index (χ1n) is 10.3. The number of nitrogens with one attached hydrogen (secondary N) is 1. The lowest BCUT2D eigenvalue weighted by atomic mass is 9.95. The Morgan fingerprint density at radius 1 is 1.07 bits per heavy atom. The lowest BCUT2D eigenvalue weighted by molar-refractivity contribution is 0.0680. The Morgan fingerprint density at radius 3 is 2.52 bits per heavy atom. The van der Waals surface area contributed by atoms with E-state index in [1.165, 1.54) is 0 Å². The van der Waals surface area contributed by atoms with Crippen molar-refractivity contribution in [3.05, 3.63) is 64.7 Å². The van der Waals surface area contributed by atoms with E-state index in [2.05, 4.69) is 24.0 Å². The third-order valence-corrected chi connectivity index (χ3v) is 6.25. The zero-order valence-electron chi connectivity index (χ0n) is 17.1. The summed E-state index contributed by atoms with van der Waals surface area (Å²) in [6.07, 6.45) is 1.81. The molecule has 5 nitrogen and oxygen atoms in total. The molecule has 29 heavy (non-hydrogen) atoms. The molecule has 1 amide bonds. The molecule has 0 aliphatic carbocycles. The first-order chi connectivity index (χ1) is 14.0. The highest BCUT2D eigenvalue weighted by molar-refractivity contribution is 6.00. The van der Waals surface area contributed by atoms with Crippen LogP contribution in [-0.4, -0.2) is 33.9 Å². The van der Waals surface area contributed by atoms with Gasteiger partial charge in [-0.15, -0.1) is 0 Å². The standard InChI is InChI=1S/C24H25N3O2/c1-14-8-9-15(2)21-20(14)16(3)22(29-21)24(28)27-12-10-17(11-13-27)23-25-18-6-4-5-7-19(18)26-23/h4-9,17H,10-13H2,1-3H3,(H,25,26). The highest BCUT2D eigenvalue weighted by Gasteiger charge is 2.29. The number of carbonyl (C=O) groups excluding carboxylic acids is 1. The number of nitrogens with zero attached hydrogens (tertiary/aromatic N) is 2. The molecule has 0 spiro atoms. The van der Waals surface area contributed by atoms with Gasteiger partial charge in [-0.25, -0.2) is 4.98 Å². The largest absolute Gasteiger partial charge is 0.450 e. The minimum atomic E-state index is 0.000515. The van der Waals surface area contributed by atoms with Crippen molar-refractivity contribution < 1.29 is 9.21 Å². The number of aromatic amines is 1. The number of furan rings is 1. The Kier molecular flexibility index (Phi) is 4.19. The number of fused-ring (bicyclic) bond motifs is 2. The van der Waals surface area contributed by atoms with E-state index in [-0.39, 0.29) is 5.91 Å². The molecule has 1 fully saturated rings. The molecule has 0 unspecified atom stereocenters. The summed E-state index contributed by atoms with van der Waals surface area (Å²) in [5, 5.41) is 1.07. The Morgan fingerprint density at radius 2 is 1.79 bits per heavy atom. The average molecular weight is 387 g/mol. The minimum absolute atomic E-state index is 0.000515. The molecule has 5 rings (SSSR count). The smallest absolute Gasteiger partial charge is 0.289 e. The second kappa shape index (κ2) is 6.76. The maximum absolute atomic E-state index is 13.2. The molecule has 0 radical (unpaired) electrons. The van der Waals surface area contributed by atoms with E-state index in [1.54, 1.807) is 0 Å². The number of piperidine rings is 1. The quantitative estimate of drug-likeness (QED) is 0.511. The number of aryl methyl sites for hydroxylation is 3. The van der Waals surface area contributed by atoms with E-state index in [0.29, 0.717) is 11.7 Å². The zero-order chi connectivity index (χ0) is 20.1. The van der Waals surface area contributed by atoms with Crippen molar-refractivity contribution in [2.45, 2.75) is 39.5 Å². The van der Waals surface area contributed by atoms with Crippen molar-refractivity contribution in [3.8, 4) is 0 Å². The number of hydrogen-bond acceptors (Lipinski definition) is 3. The molecule has 0 atom stereocenters. The van der Waals surface area contributed by atoms with Gasteiger partial charge in [0, 0.05) is 30.0 Å². The minimum Gasteiger partial charge on any atom is -0.450 e. The van der Waals surface area contributed by atoms with Gasteiger partial charge in [-0.3, -0.25) is 4.79 Å². The van der Waals surface area contributed by atoms with E-state index >= 15 is 0 Å². The molecular formula is C24H25N3O2. The van der Waals surface area contributed by atoms with E-state index in [4.69, 9.17) is 9.40 Å². The van der Waals surface area contributed by atoms with Gasteiger partial charge >= 0.3 is 0 Å². The van der Waals surface area contributed by atoms with Crippen LogP contribution in [0.2, 0.25) is 0 Å². The van der Waals surface area contributed by atoms with Crippen LogP contribution in [-0.2, 0) is 0 Å². The normalized spacial score (nSPS) is 15.5. The van der Waals surface area contributed by atoms with Gasteiger partial charge in [0.15, 0.2) is 5.76 Å². The number of imidazole rings is 1. The number of likely N-dealkylation sites (tertiary alicyclic amines) is 1. The predicted octanol–water partition coefficient (Wildman–Crippen LogP) is 5.25. The van der Waals surface area contributed by atoms with Crippen LogP contribution in [0.5, 0.6) is 0 Å². The first kappa shape index (κ1) is 18.0.